The average molecular weight is 430 g/mol. The first-order chi connectivity index (χ1) is 14.5. The molecule has 1 aromatic heterocycles. The summed E-state index contributed by atoms with van der Waals surface area (Å²) in [5, 5.41) is 3.17. The molecule has 0 unspecified atom stereocenters. The number of carbonyl (C=O) groups excluding carboxylic acids is 3. The zero-order valence-corrected chi connectivity index (χ0v) is 18.1. The first-order valence-corrected chi connectivity index (χ1v) is 11.1. The maximum absolute atomic E-state index is 13.0. The van der Waals surface area contributed by atoms with Gasteiger partial charge in [0.15, 0.2) is 0 Å². The molecule has 2 heterocycles. The standard InChI is InChI=1S/C22H27N3O4S/c1-3-17(15-8-6-5-7-9-15)21(27)25-12-10-16(11-13-25)24-19(26)18-14-23-20(30-18)22(28)29-4-2/h5-9,14,16-17H,3-4,10-13H2,1-2H3,(H,24,26)/t17-/m0/s1. The third-order valence-electron chi connectivity index (χ3n) is 5.23. The fraction of sp³-hybridized carbons (Fsp3) is 0.455. The second-order valence-electron chi connectivity index (χ2n) is 7.19. The lowest BCUT2D eigenvalue weighted by Gasteiger charge is -2.34. The second kappa shape index (κ2) is 10.3. The van der Waals surface area contributed by atoms with E-state index in [1.54, 1.807) is 6.92 Å². The van der Waals surface area contributed by atoms with Gasteiger partial charge >= 0.3 is 5.97 Å². The minimum absolute atomic E-state index is 0.00787. The van der Waals surface area contributed by atoms with Gasteiger partial charge in [0.2, 0.25) is 10.9 Å². The molecule has 1 aliphatic rings. The highest BCUT2D eigenvalue weighted by Gasteiger charge is 2.29. The summed E-state index contributed by atoms with van der Waals surface area (Å²) in [5.41, 5.74) is 1.04. The zero-order chi connectivity index (χ0) is 21.5. The molecule has 1 fully saturated rings. The number of amides is 2. The van der Waals surface area contributed by atoms with Crippen molar-refractivity contribution >= 4 is 29.1 Å². The number of carbonyl (C=O) groups is 3. The number of hydrogen-bond donors (Lipinski definition) is 1. The Labute approximate surface area is 180 Å². The SMILES string of the molecule is CCOC(=O)c1ncc(C(=O)NC2CCN(C(=O)[C@@H](CC)c3ccccc3)CC2)s1. The van der Waals surface area contributed by atoms with Gasteiger partial charge in [-0.25, -0.2) is 9.78 Å². The predicted molar refractivity (Wildman–Crippen MR) is 115 cm³/mol. The zero-order valence-electron chi connectivity index (χ0n) is 17.3. The van der Waals surface area contributed by atoms with Gasteiger partial charge in [0.1, 0.15) is 4.88 Å². The van der Waals surface area contributed by atoms with Crippen molar-refractivity contribution in [2.75, 3.05) is 19.7 Å². The number of nitrogens with one attached hydrogen (secondary N) is 1. The third-order valence-corrected chi connectivity index (χ3v) is 6.21. The summed E-state index contributed by atoms with van der Waals surface area (Å²) in [6.07, 6.45) is 3.56. The number of hydrogen-bond acceptors (Lipinski definition) is 6. The van der Waals surface area contributed by atoms with Crippen LogP contribution in [0.15, 0.2) is 36.5 Å². The lowest BCUT2D eigenvalue weighted by atomic mass is 9.93. The minimum atomic E-state index is -0.516. The van der Waals surface area contributed by atoms with Crippen molar-refractivity contribution in [3.8, 4) is 0 Å². The van der Waals surface area contributed by atoms with Gasteiger partial charge in [-0.2, -0.15) is 0 Å². The molecule has 2 aromatic rings. The highest BCUT2D eigenvalue weighted by molar-refractivity contribution is 7.15. The highest BCUT2D eigenvalue weighted by Crippen LogP contribution is 2.24. The molecule has 30 heavy (non-hydrogen) atoms. The molecule has 3 rings (SSSR count). The molecule has 1 aromatic carbocycles. The number of ether oxygens (including phenoxy) is 1. The number of piperidine rings is 1. The lowest BCUT2D eigenvalue weighted by Crippen LogP contribution is -2.47. The van der Waals surface area contributed by atoms with Crippen LogP contribution >= 0.6 is 11.3 Å². The summed E-state index contributed by atoms with van der Waals surface area (Å²) in [5.74, 6) is -0.744. The smallest absolute Gasteiger partial charge is 0.367 e. The van der Waals surface area contributed by atoms with Crippen LogP contribution in [-0.4, -0.2) is 53.4 Å². The van der Waals surface area contributed by atoms with Gasteiger partial charge in [-0.05, 0) is 31.7 Å². The van der Waals surface area contributed by atoms with Gasteiger partial charge in [0.25, 0.3) is 5.91 Å². The van der Waals surface area contributed by atoms with E-state index in [1.807, 2.05) is 42.2 Å². The second-order valence-corrected chi connectivity index (χ2v) is 8.23. The van der Waals surface area contributed by atoms with Crippen LogP contribution in [0.3, 0.4) is 0 Å². The summed E-state index contributed by atoms with van der Waals surface area (Å²) in [6, 6.07) is 9.86. The summed E-state index contributed by atoms with van der Waals surface area (Å²) in [6.45, 7) is 5.25. The van der Waals surface area contributed by atoms with Crippen LogP contribution in [0.4, 0.5) is 0 Å². The molecule has 1 atom stereocenters. The Hall–Kier alpha value is -2.74. The average Bonchev–Trinajstić information content (AvgIpc) is 3.26. The Bertz CT molecular complexity index is 876. The Kier molecular flexibility index (Phi) is 7.57. The molecule has 0 saturated carbocycles. The van der Waals surface area contributed by atoms with Gasteiger partial charge in [-0.3, -0.25) is 9.59 Å². The third kappa shape index (κ3) is 5.24. The maximum atomic E-state index is 13.0. The van der Waals surface area contributed by atoms with E-state index in [9.17, 15) is 14.4 Å². The van der Waals surface area contributed by atoms with E-state index in [4.69, 9.17) is 4.74 Å². The molecule has 1 saturated heterocycles. The van der Waals surface area contributed by atoms with Crippen molar-refractivity contribution in [2.24, 2.45) is 0 Å². The molecule has 1 N–H and O–H groups in total. The van der Waals surface area contributed by atoms with E-state index in [2.05, 4.69) is 10.3 Å². The first kappa shape index (κ1) is 22.0. The number of esters is 1. The summed E-state index contributed by atoms with van der Waals surface area (Å²) >= 11 is 1.03. The van der Waals surface area contributed by atoms with E-state index in [-0.39, 0.29) is 35.4 Å². The Morgan fingerprint density at radius 1 is 1.20 bits per heavy atom. The summed E-state index contributed by atoms with van der Waals surface area (Å²) in [4.78, 5) is 43.4. The van der Waals surface area contributed by atoms with E-state index in [1.165, 1.54) is 6.20 Å². The largest absolute Gasteiger partial charge is 0.461 e. The number of benzene rings is 1. The lowest BCUT2D eigenvalue weighted by molar-refractivity contribution is -0.134. The fourth-order valence-corrected chi connectivity index (χ4v) is 4.34. The number of aromatic nitrogens is 1. The quantitative estimate of drug-likeness (QED) is 0.683. The van der Waals surface area contributed by atoms with Gasteiger partial charge < -0.3 is 15.0 Å². The molecule has 1 aliphatic heterocycles. The van der Waals surface area contributed by atoms with Crippen molar-refractivity contribution < 1.29 is 19.1 Å². The van der Waals surface area contributed by atoms with Crippen LogP contribution in [0, 0.1) is 0 Å². The summed E-state index contributed by atoms with van der Waals surface area (Å²) in [7, 11) is 0. The fourth-order valence-electron chi connectivity index (χ4n) is 3.63. The van der Waals surface area contributed by atoms with Crippen molar-refractivity contribution in [3.05, 3.63) is 52.0 Å². The molecular weight excluding hydrogens is 402 g/mol. The molecule has 160 valence electrons. The molecule has 7 nitrogen and oxygen atoms in total. The molecule has 0 bridgehead atoms. The van der Waals surface area contributed by atoms with Gasteiger partial charge in [0.05, 0.1) is 18.7 Å². The molecule has 8 heteroatoms. The molecule has 2 amide bonds. The van der Waals surface area contributed by atoms with Crippen LogP contribution in [0.25, 0.3) is 0 Å². The van der Waals surface area contributed by atoms with Crippen LogP contribution in [0.1, 0.15) is 64.1 Å². The summed E-state index contributed by atoms with van der Waals surface area (Å²) < 4.78 is 4.91. The molecule has 0 radical (unpaired) electrons. The van der Waals surface area contributed by atoms with E-state index < -0.39 is 5.97 Å². The molecular formula is C22H27N3O4S. The number of thiazole rings is 1. The van der Waals surface area contributed by atoms with Crippen molar-refractivity contribution in [2.45, 2.75) is 45.1 Å². The molecule has 0 spiro atoms. The minimum Gasteiger partial charge on any atom is -0.461 e. The van der Waals surface area contributed by atoms with Gasteiger partial charge in [-0.15, -0.1) is 11.3 Å². The topological polar surface area (TPSA) is 88.6 Å². The number of likely N-dealkylation sites (tertiary alicyclic amines) is 1. The van der Waals surface area contributed by atoms with Crippen molar-refractivity contribution in [1.29, 1.82) is 0 Å². The highest BCUT2D eigenvalue weighted by atomic mass is 32.1. The van der Waals surface area contributed by atoms with Crippen LogP contribution in [-0.2, 0) is 9.53 Å². The van der Waals surface area contributed by atoms with E-state index in [0.29, 0.717) is 30.8 Å². The van der Waals surface area contributed by atoms with Crippen LogP contribution in [0.5, 0.6) is 0 Å². The van der Waals surface area contributed by atoms with Crippen molar-refractivity contribution in [3.63, 3.8) is 0 Å². The monoisotopic (exact) mass is 429 g/mol. The number of nitrogens with zero attached hydrogens (tertiary/aromatic N) is 2. The predicted octanol–water partition coefficient (Wildman–Crippen LogP) is 3.23. The maximum Gasteiger partial charge on any atom is 0.367 e. The Morgan fingerprint density at radius 3 is 2.53 bits per heavy atom. The Morgan fingerprint density at radius 2 is 1.90 bits per heavy atom. The van der Waals surface area contributed by atoms with Crippen LogP contribution in [0.2, 0.25) is 0 Å². The molecule has 0 aliphatic carbocycles. The van der Waals surface area contributed by atoms with Crippen molar-refractivity contribution in [1.82, 2.24) is 15.2 Å². The van der Waals surface area contributed by atoms with Crippen LogP contribution < -0.4 is 5.32 Å². The van der Waals surface area contributed by atoms with E-state index >= 15 is 0 Å². The van der Waals surface area contributed by atoms with E-state index in [0.717, 1.165) is 23.3 Å². The normalized spacial score (nSPS) is 15.5. The van der Waals surface area contributed by atoms with Gasteiger partial charge in [-0.1, -0.05) is 37.3 Å². The van der Waals surface area contributed by atoms with Gasteiger partial charge in [0, 0.05) is 19.1 Å². The number of rotatable bonds is 7. The first-order valence-electron chi connectivity index (χ1n) is 10.3. The Balaban J connectivity index is 1.52.